The number of urea groups is 1. The van der Waals surface area contributed by atoms with Crippen molar-refractivity contribution in [3.8, 4) is 6.01 Å². The molecule has 14 heteroatoms. The molecule has 3 heterocycles. The summed E-state index contributed by atoms with van der Waals surface area (Å²) >= 11 is 1.07. The molecule has 1 aromatic carbocycles. The molecule has 6 rings (SSSR count). The molecule has 3 unspecified atom stereocenters. The zero-order chi connectivity index (χ0) is 28.0. The minimum absolute atomic E-state index is 0.0999. The lowest BCUT2D eigenvalue weighted by Gasteiger charge is -2.27. The molecule has 0 aliphatic heterocycles. The van der Waals surface area contributed by atoms with Gasteiger partial charge in [0.2, 0.25) is 5.13 Å². The number of amides is 2. The van der Waals surface area contributed by atoms with Crippen LogP contribution in [-0.2, 0) is 10.0 Å². The summed E-state index contributed by atoms with van der Waals surface area (Å²) in [6.45, 7) is 1.92. The summed E-state index contributed by atoms with van der Waals surface area (Å²) in [6, 6.07) is 8.87. The molecule has 2 amide bonds. The van der Waals surface area contributed by atoms with Crippen LogP contribution in [-0.4, -0.2) is 64.0 Å². The Balaban J connectivity index is 1.12. The number of methoxy groups -OCH3 is 1. The molecule has 0 bridgehead atoms. The Morgan fingerprint density at radius 2 is 1.82 bits per heavy atom. The Bertz CT molecular complexity index is 1640. The van der Waals surface area contributed by atoms with E-state index in [2.05, 4.69) is 34.9 Å². The van der Waals surface area contributed by atoms with Gasteiger partial charge >= 0.3 is 12.0 Å². The van der Waals surface area contributed by atoms with E-state index < -0.39 is 10.0 Å². The highest BCUT2D eigenvalue weighted by Crippen LogP contribution is 2.46. The fraction of sp³-hybridized carbons (Fsp3) is 0.423. The van der Waals surface area contributed by atoms with E-state index in [0.717, 1.165) is 48.6 Å². The molecule has 3 aromatic heterocycles. The predicted molar refractivity (Wildman–Crippen MR) is 151 cm³/mol. The van der Waals surface area contributed by atoms with Gasteiger partial charge in [-0.05, 0) is 62.6 Å². The highest BCUT2D eigenvalue weighted by molar-refractivity contribution is 7.90. The number of nitrogens with one attached hydrogen (secondary N) is 2. The second-order valence-electron chi connectivity index (χ2n) is 10.5. The van der Waals surface area contributed by atoms with E-state index in [0.29, 0.717) is 28.0 Å². The van der Waals surface area contributed by atoms with Crippen molar-refractivity contribution >= 4 is 49.6 Å². The van der Waals surface area contributed by atoms with Gasteiger partial charge in [-0.1, -0.05) is 17.7 Å². The number of rotatable bonds is 7. The SMILES string of the molecule is COc1nsc(NC(=O)NC2CC3CC(N(C)c4ncnc5c4ccn5S(=O)(=O)c4ccc(C)cc4)C[C@H]3C2)n1. The molecular formula is C26H30N8O4S2. The molecular weight excluding hydrogens is 552 g/mol. The van der Waals surface area contributed by atoms with Gasteiger partial charge in [0.1, 0.15) is 12.1 Å². The van der Waals surface area contributed by atoms with Crippen LogP contribution in [0.5, 0.6) is 6.01 Å². The number of hydrogen-bond acceptors (Lipinski definition) is 10. The number of fused-ring (bicyclic) bond motifs is 2. The van der Waals surface area contributed by atoms with Crippen molar-refractivity contribution in [2.75, 3.05) is 24.4 Å². The van der Waals surface area contributed by atoms with Gasteiger partial charge in [-0.25, -0.2) is 27.2 Å². The van der Waals surface area contributed by atoms with Crippen LogP contribution in [0.1, 0.15) is 31.2 Å². The lowest BCUT2D eigenvalue weighted by atomic mass is 10.0. The average Bonchev–Trinajstić information content (AvgIpc) is 3.71. The second-order valence-corrected chi connectivity index (χ2v) is 13.0. The van der Waals surface area contributed by atoms with Crippen LogP contribution in [0, 0.1) is 18.8 Å². The molecule has 0 saturated heterocycles. The Morgan fingerprint density at radius 1 is 1.10 bits per heavy atom. The third kappa shape index (κ3) is 4.85. The monoisotopic (exact) mass is 582 g/mol. The highest BCUT2D eigenvalue weighted by Gasteiger charge is 2.43. The molecule has 40 heavy (non-hydrogen) atoms. The minimum Gasteiger partial charge on any atom is -0.466 e. The first-order valence-corrected chi connectivity index (χ1v) is 15.3. The van der Waals surface area contributed by atoms with Crippen LogP contribution in [0.4, 0.5) is 15.7 Å². The van der Waals surface area contributed by atoms with Gasteiger partial charge in [-0.3, -0.25) is 5.32 Å². The molecule has 210 valence electrons. The molecule has 0 spiro atoms. The van der Waals surface area contributed by atoms with Crippen molar-refractivity contribution in [3.63, 3.8) is 0 Å². The first-order valence-electron chi connectivity index (χ1n) is 13.0. The van der Waals surface area contributed by atoms with Crippen LogP contribution in [0.2, 0.25) is 0 Å². The van der Waals surface area contributed by atoms with Gasteiger partial charge in [0, 0.05) is 36.9 Å². The van der Waals surface area contributed by atoms with Crippen LogP contribution in [0.15, 0.2) is 47.8 Å². The normalized spacial score (nSPS) is 22.3. The fourth-order valence-corrected chi connectivity index (χ4v) is 7.91. The number of benzene rings is 1. The largest absolute Gasteiger partial charge is 0.466 e. The fourth-order valence-electron chi connectivity index (χ4n) is 6.07. The van der Waals surface area contributed by atoms with Gasteiger partial charge in [-0.2, -0.15) is 4.98 Å². The summed E-state index contributed by atoms with van der Waals surface area (Å²) in [7, 11) is -0.301. The summed E-state index contributed by atoms with van der Waals surface area (Å²) in [6.07, 6.45) is 6.75. The first-order chi connectivity index (χ1) is 19.2. The number of ether oxygens (including phenoxy) is 1. The number of carbonyl (C=O) groups excluding carboxylic acids is 1. The summed E-state index contributed by atoms with van der Waals surface area (Å²) in [5.41, 5.74) is 1.35. The van der Waals surface area contributed by atoms with Crippen LogP contribution < -0.4 is 20.3 Å². The van der Waals surface area contributed by atoms with Crippen molar-refractivity contribution in [2.24, 2.45) is 11.8 Å². The zero-order valence-electron chi connectivity index (χ0n) is 22.3. The van der Waals surface area contributed by atoms with E-state index in [-0.39, 0.29) is 29.0 Å². The van der Waals surface area contributed by atoms with Crippen molar-refractivity contribution in [3.05, 3.63) is 48.4 Å². The maximum Gasteiger partial charge on any atom is 0.329 e. The number of carbonyl (C=O) groups is 1. The number of hydrogen-bond donors (Lipinski definition) is 2. The van der Waals surface area contributed by atoms with E-state index >= 15 is 0 Å². The topological polar surface area (TPSA) is 144 Å². The van der Waals surface area contributed by atoms with E-state index in [4.69, 9.17) is 4.74 Å². The van der Waals surface area contributed by atoms with Crippen molar-refractivity contribution in [2.45, 2.75) is 49.6 Å². The molecule has 2 fully saturated rings. The summed E-state index contributed by atoms with van der Waals surface area (Å²) in [5.74, 6) is 1.70. The first kappa shape index (κ1) is 26.4. The van der Waals surface area contributed by atoms with Crippen molar-refractivity contribution < 1.29 is 17.9 Å². The molecule has 2 aliphatic carbocycles. The van der Waals surface area contributed by atoms with Gasteiger partial charge in [0.15, 0.2) is 5.65 Å². The smallest absolute Gasteiger partial charge is 0.329 e. The van der Waals surface area contributed by atoms with Crippen molar-refractivity contribution in [1.29, 1.82) is 0 Å². The van der Waals surface area contributed by atoms with Gasteiger partial charge < -0.3 is 15.0 Å². The molecule has 12 nitrogen and oxygen atoms in total. The molecule has 2 aliphatic rings. The molecule has 2 N–H and O–H groups in total. The third-order valence-corrected chi connectivity index (χ3v) is 10.3. The van der Waals surface area contributed by atoms with Crippen LogP contribution in [0.25, 0.3) is 11.0 Å². The number of aryl methyl sites for hydroxylation is 1. The van der Waals surface area contributed by atoms with Gasteiger partial charge in [-0.15, -0.1) is 4.37 Å². The molecule has 4 aromatic rings. The van der Waals surface area contributed by atoms with Gasteiger partial charge in [0.25, 0.3) is 10.0 Å². The van der Waals surface area contributed by atoms with Gasteiger partial charge in [0.05, 0.1) is 17.4 Å². The Hall–Kier alpha value is -3.78. The highest BCUT2D eigenvalue weighted by atomic mass is 32.2. The summed E-state index contributed by atoms with van der Waals surface area (Å²) in [5, 5.41) is 6.89. The predicted octanol–water partition coefficient (Wildman–Crippen LogP) is 3.65. The molecule has 0 radical (unpaired) electrons. The quantitative estimate of drug-likeness (QED) is 0.334. The lowest BCUT2D eigenvalue weighted by molar-refractivity contribution is 0.248. The number of nitrogens with zero attached hydrogens (tertiary/aromatic N) is 6. The Morgan fingerprint density at radius 3 is 2.50 bits per heavy atom. The molecule has 2 saturated carbocycles. The van der Waals surface area contributed by atoms with E-state index in [1.165, 1.54) is 17.4 Å². The molecule has 4 atom stereocenters. The standard InChI is InChI=1S/C26H30N8O4S2/c1-15-4-6-20(7-5-15)40(36,37)34-9-8-21-22(27-14-28-23(21)34)33(2)19-12-16-10-18(11-17(16)13-19)29-24(35)30-26-31-25(38-3)32-39-26/h4-9,14,16-19H,10-13H2,1-3H3,(H2,29,30,31,32,35)/t16-,17?,18?,19?/m1/s1. The Labute approximate surface area is 236 Å². The summed E-state index contributed by atoms with van der Waals surface area (Å²) in [4.78, 5) is 27.8. The zero-order valence-corrected chi connectivity index (χ0v) is 23.9. The minimum atomic E-state index is -3.79. The number of anilines is 2. The maximum absolute atomic E-state index is 13.4. The maximum atomic E-state index is 13.4. The van der Waals surface area contributed by atoms with Crippen molar-refractivity contribution in [1.82, 2.24) is 28.6 Å². The number of aromatic nitrogens is 5. The average molecular weight is 583 g/mol. The third-order valence-electron chi connectivity index (χ3n) is 8.02. The van der Waals surface area contributed by atoms with Crippen LogP contribution >= 0.6 is 11.5 Å². The van der Waals surface area contributed by atoms with E-state index in [1.807, 2.05) is 14.0 Å². The second kappa shape index (κ2) is 10.3. The lowest BCUT2D eigenvalue weighted by Crippen LogP contribution is -2.37. The Kier molecular flexibility index (Phi) is 6.82. The van der Waals surface area contributed by atoms with E-state index in [9.17, 15) is 13.2 Å². The van der Waals surface area contributed by atoms with Crippen LogP contribution in [0.3, 0.4) is 0 Å². The van der Waals surface area contributed by atoms with E-state index in [1.54, 1.807) is 36.5 Å². The summed E-state index contributed by atoms with van der Waals surface area (Å²) < 4.78 is 36.9.